The van der Waals surface area contributed by atoms with Gasteiger partial charge < -0.3 is 10.1 Å². The Morgan fingerprint density at radius 3 is 2.50 bits per heavy atom. The van der Waals surface area contributed by atoms with Crippen LogP contribution in [0.3, 0.4) is 0 Å². The largest absolute Gasteiger partial charge is 0.496 e. The molecule has 2 rings (SSSR count). The molecular weight excluding hydrogens is 342 g/mol. The summed E-state index contributed by atoms with van der Waals surface area (Å²) in [6.45, 7) is 6.09. The van der Waals surface area contributed by atoms with Gasteiger partial charge in [-0.1, -0.05) is 26.0 Å². The van der Waals surface area contributed by atoms with Crippen molar-refractivity contribution in [3.63, 3.8) is 0 Å². The molecule has 1 N–H and O–H groups in total. The second-order valence-electron chi connectivity index (χ2n) is 5.50. The highest BCUT2D eigenvalue weighted by atomic mass is 79.9. The minimum atomic E-state index is -0.117. The summed E-state index contributed by atoms with van der Waals surface area (Å²) in [4.78, 5) is 12.6. The Bertz CT molecular complexity index is 695. The van der Waals surface area contributed by atoms with Crippen molar-refractivity contribution >= 4 is 27.5 Å². The minimum Gasteiger partial charge on any atom is -0.496 e. The zero-order chi connectivity index (χ0) is 16.3. The number of nitrogens with one attached hydrogen (secondary N) is 1. The Kier molecular flexibility index (Phi) is 5.24. The van der Waals surface area contributed by atoms with Crippen LogP contribution in [-0.4, -0.2) is 13.0 Å². The monoisotopic (exact) mass is 361 g/mol. The number of methoxy groups -OCH3 is 1. The molecule has 0 heterocycles. The zero-order valence-electron chi connectivity index (χ0n) is 13.2. The van der Waals surface area contributed by atoms with E-state index in [0.29, 0.717) is 5.56 Å². The number of carbonyl (C=O) groups excluding carboxylic acids is 1. The van der Waals surface area contributed by atoms with Crippen molar-refractivity contribution in [2.75, 3.05) is 12.4 Å². The molecule has 0 aliphatic carbocycles. The molecule has 116 valence electrons. The Morgan fingerprint density at radius 1 is 1.23 bits per heavy atom. The maximum Gasteiger partial charge on any atom is 0.255 e. The van der Waals surface area contributed by atoms with Crippen LogP contribution in [0.25, 0.3) is 0 Å². The van der Waals surface area contributed by atoms with Crippen LogP contribution in [0, 0.1) is 6.92 Å². The number of rotatable bonds is 4. The van der Waals surface area contributed by atoms with Gasteiger partial charge in [0.05, 0.1) is 12.8 Å². The van der Waals surface area contributed by atoms with Crippen LogP contribution < -0.4 is 10.1 Å². The van der Waals surface area contributed by atoms with Crippen LogP contribution in [0.5, 0.6) is 5.75 Å². The van der Waals surface area contributed by atoms with Crippen LogP contribution in [-0.2, 0) is 0 Å². The first kappa shape index (κ1) is 16.6. The molecule has 0 fully saturated rings. The highest BCUT2D eigenvalue weighted by Crippen LogP contribution is 2.30. The SMILES string of the molecule is COc1cc(C)c(C(=O)Nc2ccccc2Br)cc1C(C)C. The topological polar surface area (TPSA) is 38.3 Å². The van der Waals surface area contributed by atoms with Gasteiger partial charge in [-0.05, 0) is 64.2 Å². The number of hydrogen-bond donors (Lipinski definition) is 1. The van der Waals surface area contributed by atoms with Crippen molar-refractivity contribution in [3.05, 3.63) is 57.6 Å². The molecule has 0 spiro atoms. The van der Waals surface area contributed by atoms with Gasteiger partial charge in [-0.25, -0.2) is 0 Å². The van der Waals surface area contributed by atoms with Gasteiger partial charge in [-0.3, -0.25) is 4.79 Å². The van der Waals surface area contributed by atoms with E-state index < -0.39 is 0 Å². The molecule has 1 amide bonds. The molecule has 0 unspecified atom stereocenters. The van der Waals surface area contributed by atoms with Gasteiger partial charge in [0.1, 0.15) is 5.75 Å². The number of benzene rings is 2. The second kappa shape index (κ2) is 6.97. The van der Waals surface area contributed by atoms with Crippen molar-refractivity contribution in [2.45, 2.75) is 26.7 Å². The van der Waals surface area contributed by atoms with Crippen molar-refractivity contribution in [1.29, 1.82) is 0 Å². The van der Waals surface area contributed by atoms with E-state index in [1.807, 2.05) is 43.3 Å². The second-order valence-corrected chi connectivity index (χ2v) is 6.35. The fraction of sp³-hybridized carbons (Fsp3) is 0.278. The van der Waals surface area contributed by atoms with Crippen molar-refractivity contribution in [2.24, 2.45) is 0 Å². The first-order chi connectivity index (χ1) is 10.4. The third-order valence-corrected chi connectivity index (χ3v) is 4.26. The molecule has 0 bridgehead atoms. The van der Waals surface area contributed by atoms with E-state index in [1.54, 1.807) is 7.11 Å². The molecule has 0 aliphatic rings. The minimum absolute atomic E-state index is 0.117. The molecule has 0 saturated heterocycles. The standard InChI is InChI=1S/C18H20BrNO2/c1-11(2)13-10-14(12(3)9-17(13)22-4)18(21)20-16-8-6-5-7-15(16)19/h5-11H,1-4H3,(H,20,21). The fourth-order valence-corrected chi connectivity index (χ4v) is 2.71. The highest BCUT2D eigenvalue weighted by molar-refractivity contribution is 9.10. The lowest BCUT2D eigenvalue weighted by molar-refractivity contribution is 0.102. The van der Waals surface area contributed by atoms with E-state index in [1.165, 1.54) is 0 Å². The Labute approximate surface area is 139 Å². The zero-order valence-corrected chi connectivity index (χ0v) is 14.8. The molecule has 0 radical (unpaired) electrons. The van der Waals surface area contributed by atoms with Gasteiger partial charge in [0.25, 0.3) is 5.91 Å². The van der Waals surface area contributed by atoms with E-state index >= 15 is 0 Å². The number of para-hydroxylation sites is 1. The van der Waals surface area contributed by atoms with Gasteiger partial charge in [0.15, 0.2) is 0 Å². The number of amides is 1. The molecule has 2 aromatic carbocycles. The summed E-state index contributed by atoms with van der Waals surface area (Å²) in [5.74, 6) is 0.990. The molecule has 22 heavy (non-hydrogen) atoms. The average molecular weight is 362 g/mol. The fourth-order valence-electron chi connectivity index (χ4n) is 2.32. The quantitative estimate of drug-likeness (QED) is 0.818. The van der Waals surface area contributed by atoms with Crippen LogP contribution in [0.1, 0.15) is 41.3 Å². The smallest absolute Gasteiger partial charge is 0.255 e. The normalized spacial score (nSPS) is 10.6. The molecule has 2 aromatic rings. The molecule has 0 atom stereocenters. The number of hydrogen-bond acceptors (Lipinski definition) is 2. The van der Waals surface area contributed by atoms with Gasteiger partial charge in [-0.15, -0.1) is 0 Å². The Balaban J connectivity index is 2.37. The maximum absolute atomic E-state index is 12.6. The van der Waals surface area contributed by atoms with Gasteiger partial charge in [0.2, 0.25) is 0 Å². The first-order valence-electron chi connectivity index (χ1n) is 7.18. The third kappa shape index (κ3) is 3.50. The molecule has 0 saturated carbocycles. The summed E-state index contributed by atoms with van der Waals surface area (Å²) in [6, 6.07) is 11.4. The Hall–Kier alpha value is -1.81. The number of anilines is 1. The summed E-state index contributed by atoms with van der Waals surface area (Å²) in [5.41, 5.74) is 3.35. The Morgan fingerprint density at radius 2 is 1.91 bits per heavy atom. The van der Waals surface area contributed by atoms with Crippen molar-refractivity contribution in [3.8, 4) is 5.75 Å². The summed E-state index contributed by atoms with van der Waals surface area (Å²) < 4.78 is 6.28. The number of aryl methyl sites for hydroxylation is 1. The lowest BCUT2D eigenvalue weighted by atomic mass is 9.96. The predicted octanol–water partition coefficient (Wildman–Crippen LogP) is 5.14. The molecule has 0 aliphatic heterocycles. The van der Waals surface area contributed by atoms with E-state index in [0.717, 1.165) is 27.0 Å². The van der Waals surface area contributed by atoms with E-state index in [2.05, 4.69) is 35.1 Å². The first-order valence-corrected chi connectivity index (χ1v) is 7.97. The number of carbonyl (C=O) groups is 1. The highest BCUT2D eigenvalue weighted by Gasteiger charge is 2.16. The van der Waals surface area contributed by atoms with Crippen LogP contribution >= 0.6 is 15.9 Å². The van der Waals surface area contributed by atoms with Crippen LogP contribution in [0.4, 0.5) is 5.69 Å². The van der Waals surface area contributed by atoms with Gasteiger partial charge in [-0.2, -0.15) is 0 Å². The van der Waals surface area contributed by atoms with Crippen LogP contribution in [0.15, 0.2) is 40.9 Å². The summed E-state index contributed by atoms with van der Waals surface area (Å²) >= 11 is 3.44. The molecular formula is C18H20BrNO2. The van der Waals surface area contributed by atoms with E-state index in [-0.39, 0.29) is 11.8 Å². The molecule has 4 heteroatoms. The van der Waals surface area contributed by atoms with Crippen LogP contribution in [0.2, 0.25) is 0 Å². The van der Waals surface area contributed by atoms with Gasteiger partial charge >= 0.3 is 0 Å². The number of halogens is 1. The van der Waals surface area contributed by atoms with E-state index in [9.17, 15) is 4.79 Å². The van der Waals surface area contributed by atoms with Crippen molar-refractivity contribution < 1.29 is 9.53 Å². The maximum atomic E-state index is 12.6. The average Bonchev–Trinajstić information content (AvgIpc) is 2.48. The van der Waals surface area contributed by atoms with E-state index in [4.69, 9.17) is 4.74 Å². The summed E-state index contributed by atoms with van der Waals surface area (Å²) in [7, 11) is 1.65. The van der Waals surface area contributed by atoms with Gasteiger partial charge in [0, 0.05) is 10.0 Å². The molecule has 3 nitrogen and oxygen atoms in total. The lowest BCUT2D eigenvalue weighted by Gasteiger charge is -2.16. The third-order valence-electron chi connectivity index (χ3n) is 3.57. The van der Waals surface area contributed by atoms with Crippen molar-refractivity contribution in [1.82, 2.24) is 0 Å². The lowest BCUT2D eigenvalue weighted by Crippen LogP contribution is -2.14. The predicted molar refractivity (Wildman–Crippen MR) is 93.9 cm³/mol. The molecule has 0 aromatic heterocycles. The summed E-state index contributed by atoms with van der Waals surface area (Å²) in [6.07, 6.45) is 0. The summed E-state index contributed by atoms with van der Waals surface area (Å²) in [5, 5.41) is 2.94. The number of ether oxygens (including phenoxy) is 1.